The fourth-order valence-corrected chi connectivity index (χ4v) is 3.01. The van der Waals surface area contributed by atoms with E-state index < -0.39 is 78.4 Å². The number of thioether (sulfide) groups is 1. The predicted molar refractivity (Wildman–Crippen MR) is 117 cm³/mol. The summed E-state index contributed by atoms with van der Waals surface area (Å²) in [6.07, 6.45) is 0.988. The number of nitrogens with two attached hydrogens (primary N) is 3. The summed E-state index contributed by atoms with van der Waals surface area (Å²) < 4.78 is 0. The van der Waals surface area contributed by atoms with Crippen molar-refractivity contribution >= 4 is 47.3 Å². The van der Waals surface area contributed by atoms with Crippen molar-refractivity contribution < 1.29 is 33.9 Å². The summed E-state index contributed by atoms with van der Waals surface area (Å²) in [5.41, 5.74) is 15.9. The highest BCUT2D eigenvalue weighted by atomic mass is 32.2. The smallest absolute Gasteiger partial charge is 0.326 e. The number of hydrogen-bond acceptors (Lipinski definition) is 8. The van der Waals surface area contributed by atoms with Gasteiger partial charge in [0.2, 0.25) is 29.5 Å². The van der Waals surface area contributed by atoms with Crippen LogP contribution in [0.15, 0.2) is 0 Å². The Morgan fingerprint density at radius 1 is 0.844 bits per heavy atom. The van der Waals surface area contributed by atoms with Crippen LogP contribution in [0.5, 0.6) is 0 Å². The Morgan fingerprint density at radius 2 is 1.34 bits per heavy atom. The van der Waals surface area contributed by atoms with Gasteiger partial charge >= 0.3 is 5.97 Å². The maximum Gasteiger partial charge on any atom is 0.326 e. The second-order valence-electron chi connectivity index (χ2n) is 7.42. The predicted octanol–water partition coefficient (Wildman–Crippen LogP) is -2.99. The lowest BCUT2D eigenvalue weighted by molar-refractivity contribution is -0.144. The molecule has 0 bridgehead atoms. The van der Waals surface area contributed by atoms with Crippen LogP contribution in [0.25, 0.3) is 0 Å². The van der Waals surface area contributed by atoms with E-state index in [1.807, 2.05) is 6.26 Å². The van der Waals surface area contributed by atoms with E-state index in [0.29, 0.717) is 12.2 Å². The summed E-state index contributed by atoms with van der Waals surface area (Å²) in [6, 6.07) is -5.14. The first-order chi connectivity index (χ1) is 14.8. The van der Waals surface area contributed by atoms with E-state index in [2.05, 4.69) is 16.0 Å². The van der Waals surface area contributed by atoms with Crippen LogP contribution in [0, 0.1) is 5.92 Å². The molecule has 0 aliphatic rings. The minimum Gasteiger partial charge on any atom is -0.480 e. The third-order valence-corrected chi connectivity index (χ3v) is 4.92. The number of carboxylic acids is 1. The van der Waals surface area contributed by atoms with Crippen molar-refractivity contribution in [2.75, 3.05) is 12.0 Å². The van der Waals surface area contributed by atoms with Crippen LogP contribution < -0.4 is 33.2 Å². The highest BCUT2D eigenvalue weighted by Gasteiger charge is 2.32. The molecule has 4 atom stereocenters. The second-order valence-corrected chi connectivity index (χ2v) is 8.41. The molecule has 5 amide bonds. The molecular formula is C18H32N6O7S. The maximum atomic E-state index is 12.7. The highest BCUT2D eigenvalue weighted by Crippen LogP contribution is 2.06. The van der Waals surface area contributed by atoms with E-state index in [1.165, 1.54) is 11.8 Å². The average molecular weight is 477 g/mol. The fourth-order valence-electron chi connectivity index (χ4n) is 2.52. The largest absolute Gasteiger partial charge is 0.480 e. The summed E-state index contributed by atoms with van der Waals surface area (Å²) in [5, 5.41) is 16.0. The van der Waals surface area contributed by atoms with Crippen LogP contribution >= 0.6 is 11.8 Å². The molecule has 0 aromatic heterocycles. The Hall–Kier alpha value is -2.87. The summed E-state index contributed by atoms with van der Waals surface area (Å²) in [4.78, 5) is 71.2. The van der Waals surface area contributed by atoms with Gasteiger partial charge in [-0.3, -0.25) is 24.0 Å². The second kappa shape index (κ2) is 14.2. The first-order valence-electron chi connectivity index (χ1n) is 9.75. The molecule has 0 saturated heterocycles. The molecule has 0 heterocycles. The van der Waals surface area contributed by atoms with Crippen LogP contribution in [0.3, 0.4) is 0 Å². The van der Waals surface area contributed by atoms with Crippen molar-refractivity contribution in [3.63, 3.8) is 0 Å². The highest BCUT2D eigenvalue weighted by molar-refractivity contribution is 7.98. The first-order valence-corrected chi connectivity index (χ1v) is 11.1. The molecule has 32 heavy (non-hydrogen) atoms. The number of carbonyl (C=O) groups excluding carboxylic acids is 5. The Kier molecular flexibility index (Phi) is 13.0. The van der Waals surface area contributed by atoms with Crippen LogP contribution in [-0.2, 0) is 28.8 Å². The summed E-state index contributed by atoms with van der Waals surface area (Å²) in [6.45, 7) is 3.16. The van der Waals surface area contributed by atoms with Gasteiger partial charge in [-0.25, -0.2) is 4.79 Å². The number of nitrogens with one attached hydrogen (secondary N) is 3. The molecule has 0 saturated carbocycles. The van der Waals surface area contributed by atoms with Gasteiger partial charge < -0.3 is 38.3 Å². The first kappa shape index (κ1) is 29.1. The van der Waals surface area contributed by atoms with E-state index in [4.69, 9.17) is 22.3 Å². The lowest BCUT2D eigenvalue weighted by Crippen LogP contribution is -2.59. The Labute approximate surface area is 189 Å². The van der Waals surface area contributed by atoms with Crippen molar-refractivity contribution in [3.05, 3.63) is 0 Å². The molecule has 0 radical (unpaired) electrons. The Bertz CT molecular complexity index is 718. The Balaban J connectivity index is 5.41. The fraction of sp³-hybridized carbons (Fsp3) is 0.667. The standard InChI is InChI=1S/C18H32N6O7S/c1-8(2)14(17(29)23-11(18(30)31)7-13(21)26)24-16(28)10(6-12(20)25)22-15(27)9(19)4-5-32-3/h8-11,14H,4-7,19H2,1-3H3,(H2,20,25)(H2,21,26)(H,22,27)(H,23,29)(H,24,28)(H,30,31). The maximum absolute atomic E-state index is 12.7. The summed E-state index contributed by atoms with van der Waals surface area (Å²) in [5.74, 6) is -5.65. The van der Waals surface area contributed by atoms with E-state index in [0.717, 1.165) is 0 Å². The SMILES string of the molecule is CSCCC(N)C(=O)NC(CC(N)=O)C(=O)NC(C(=O)NC(CC(N)=O)C(=O)O)C(C)C. The van der Waals surface area contributed by atoms with E-state index in [-0.39, 0.29) is 0 Å². The lowest BCUT2D eigenvalue weighted by Gasteiger charge is -2.26. The van der Waals surface area contributed by atoms with Crippen molar-refractivity contribution in [1.82, 2.24) is 16.0 Å². The van der Waals surface area contributed by atoms with Crippen molar-refractivity contribution in [2.24, 2.45) is 23.1 Å². The third kappa shape index (κ3) is 10.9. The molecule has 0 spiro atoms. The van der Waals surface area contributed by atoms with Crippen LogP contribution in [0.4, 0.5) is 0 Å². The average Bonchev–Trinajstić information content (AvgIpc) is 2.67. The normalized spacial score (nSPS) is 14.5. The van der Waals surface area contributed by atoms with Gasteiger partial charge in [-0.15, -0.1) is 0 Å². The van der Waals surface area contributed by atoms with E-state index in [9.17, 15) is 28.8 Å². The molecule has 14 heteroatoms. The molecule has 0 aliphatic carbocycles. The zero-order chi connectivity index (χ0) is 25.0. The van der Waals surface area contributed by atoms with E-state index >= 15 is 0 Å². The topological polar surface area (TPSA) is 237 Å². The van der Waals surface area contributed by atoms with Gasteiger partial charge in [0.15, 0.2) is 0 Å². The van der Waals surface area contributed by atoms with Crippen LogP contribution in [0.1, 0.15) is 33.1 Å². The number of amides is 5. The van der Waals surface area contributed by atoms with Crippen molar-refractivity contribution in [2.45, 2.75) is 57.3 Å². The van der Waals surface area contributed by atoms with Gasteiger partial charge in [0.1, 0.15) is 18.1 Å². The van der Waals surface area contributed by atoms with Gasteiger partial charge in [-0.2, -0.15) is 11.8 Å². The molecule has 0 rings (SSSR count). The van der Waals surface area contributed by atoms with E-state index in [1.54, 1.807) is 13.8 Å². The zero-order valence-corrected chi connectivity index (χ0v) is 19.1. The summed E-state index contributed by atoms with van der Waals surface area (Å²) in [7, 11) is 0. The molecule has 0 aliphatic heterocycles. The molecule has 10 N–H and O–H groups in total. The quantitative estimate of drug-likeness (QED) is 0.127. The number of carboxylic acid groups (broad SMARTS) is 1. The van der Waals surface area contributed by atoms with Gasteiger partial charge in [0.25, 0.3) is 0 Å². The minimum absolute atomic E-state index is 0.339. The molecule has 182 valence electrons. The monoisotopic (exact) mass is 476 g/mol. The van der Waals surface area contributed by atoms with Gasteiger partial charge in [0, 0.05) is 0 Å². The number of carbonyl (C=O) groups is 6. The molecule has 0 fully saturated rings. The number of primary amides is 2. The van der Waals surface area contributed by atoms with Gasteiger partial charge in [-0.1, -0.05) is 13.8 Å². The molecule has 13 nitrogen and oxygen atoms in total. The zero-order valence-electron chi connectivity index (χ0n) is 18.3. The van der Waals surface area contributed by atoms with Crippen molar-refractivity contribution in [1.29, 1.82) is 0 Å². The lowest BCUT2D eigenvalue weighted by atomic mass is 10.0. The Morgan fingerprint density at radius 3 is 1.78 bits per heavy atom. The van der Waals surface area contributed by atoms with Crippen molar-refractivity contribution in [3.8, 4) is 0 Å². The molecule has 0 aromatic rings. The number of aliphatic carboxylic acids is 1. The van der Waals surface area contributed by atoms with Gasteiger partial charge in [0.05, 0.1) is 18.9 Å². The number of hydrogen-bond donors (Lipinski definition) is 7. The van der Waals surface area contributed by atoms with Crippen LogP contribution in [-0.4, -0.2) is 76.8 Å². The third-order valence-electron chi connectivity index (χ3n) is 4.27. The molecular weight excluding hydrogens is 444 g/mol. The summed E-state index contributed by atoms with van der Waals surface area (Å²) >= 11 is 1.48. The number of rotatable bonds is 15. The molecule has 4 unspecified atom stereocenters. The van der Waals surface area contributed by atoms with Crippen LogP contribution in [0.2, 0.25) is 0 Å². The molecule has 0 aromatic carbocycles. The van der Waals surface area contributed by atoms with Gasteiger partial charge in [-0.05, 0) is 24.3 Å². The minimum atomic E-state index is -1.59.